The van der Waals surface area contributed by atoms with Crippen molar-refractivity contribution in [2.45, 2.75) is 70.3 Å². The van der Waals surface area contributed by atoms with Crippen LogP contribution in [0.1, 0.15) is 64.7 Å². The van der Waals surface area contributed by atoms with Gasteiger partial charge in [0.2, 0.25) is 0 Å². The number of ether oxygens (including phenoxy) is 1. The van der Waals surface area contributed by atoms with Crippen LogP contribution in [0.4, 0.5) is 0 Å². The van der Waals surface area contributed by atoms with Crippen molar-refractivity contribution in [2.24, 2.45) is 46.1 Å². The molecule has 7 atom stereocenters. The maximum Gasteiger partial charge on any atom is 0.0923 e. The Morgan fingerprint density at radius 2 is 2.00 bits per heavy atom. The summed E-state index contributed by atoms with van der Waals surface area (Å²) in [5, 5.41) is 12.9. The summed E-state index contributed by atoms with van der Waals surface area (Å²) < 4.78 is 6.43. The Bertz CT molecular complexity index is 735. The maximum atomic E-state index is 9.30. The van der Waals surface area contributed by atoms with E-state index >= 15 is 0 Å². The molecule has 5 unspecified atom stereocenters. The standard InChI is InChI=1S/C24H33NO2/c1-23-10-7-19-18-6-5-17(25-26)13-16(18)14-20(15-3-4-15)22(19)21(23)8-11-24(23)9-2-12-27-24/h2,9,13,15,18-22,26H,3-8,10-12,14H2,1H3/b25-17+/t18?,19?,20-,21?,22?,23+,24?/m1/s1. The van der Waals surface area contributed by atoms with Gasteiger partial charge in [0.15, 0.2) is 0 Å². The van der Waals surface area contributed by atoms with E-state index in [-0.39, 0.29) is 5.60 Å². The molecule has 3 nitrogen and oxygen atoms in total. The van der Waals surface area contributed by atoms with Gasteiger partial charge in [-0.05, 0) is 99.4 Å². The molecule has 4 saturated carbocycles. The third kappa shape index (κ3) is 2.21. The highest BCUT2D eigenvalue weighted by Crippen LogP contribution is 2.69. The lowest BCUT2D eigenvalue weighted by atomic mass is 9.47. The lowest BCUT2D eigenvalue weighted by molar-refractivity contribution is -0.122. The third-order valence-electron chi connectivity index (χ3n) is 9.77. The van der Waals surface area contributed by atoms with Gasteiger partial charge in [-0.2, -0.15) is 0 Å². The molecule has 0 saturated heterocycles. The van der Waals surface area contributed by atoms with Crippen LogP contribution in [0.25, 0.3) is 0 Å². The third-order valence-corrected chi connectivity index (χ3v) is 9.77. The molecule has 0 aromatic rings. The van der Waals surface area contributed by atoms with Gasteiger partial charge in [-0.3, -0.25) is 0 Å². The smallest absolute Gasteiger partial charge is 0.0923 e. The Hall–Kier alpha value is -1.09. The summed E-state index contributed by atoms with van der Waals surface area (Å²) in [5.74, 6) is 5.14. The average molecular weight is 368 g/mol. The van der Waals surface area contributed by atoms with Crippen LogP contribution >= 0.6 is 0 Å². The monoisotopic (exact) mass is 367 g/mol. The van der Waals surface area contributed by atoms with Crippen molar-refractivity contribution >= 4 is 5.71 Å². The molecule has 6 rings (SSSR count). The molecule has 0 bridgehead atoms. The summed E-state index contributed by atoms with van der Waals surface area (Å²) in [4.78, 5) is 0. The SMILES string of the molecule is C[C@]12CCC3C4CC/C(=N\O)C=C4C[C@H](C4CC4)C3C1CCC21C=CCO1. The molecule has 5 aliphatic carbocycles. The van der Waals surface area contributed by atoms with E-state index in [0.29, 0.717) is 5.41 Å². The minimum atomic E-state index is 0.0378. The Morgan fingerprint density at radius 1 is 1.11 bits per heavy atom. The number of allylic oxidation sites excluding steroid dienone is 2. The first kappa shape index (κ1) is 16.8. The molecular weight excluding hydrogens is 334 g/mol. The first-order valence-electron chi connectivity index (χ1n) is 11.4. The summed E-state index contributed by atoms with van der Waals surface area (Å²) in [6, 6.07) is 0. The summed E-state index contributed by atoms with van der Waals surface area (Å²) in [6.45, 7) is 3.39. The zero-order valence-electron chi connectivity index (χ0n) is 16.6. The van der Waals surface area contributed by atoms with Crippen LogP contribution in [0.2, 0.25) is 0 Å². The van der Waals surface area contributed by atoms with E-state index in [4.69, 9.17) is 4.74 Å². The number of oxime groups is 1. The van der Waals surface area contributed by atoms with Gasteiger partial charge in [0.05, 0.1) is 17.9 Å². The molecule has 1 spiro atoms. The maximum absolute atomic E-state index is 9.30. The van der Waals surface area contributed by atoms with Crippen molar-refractivity contribution in [1.29, 1.82) is 0 Å². The van der Waals surface area contributed by atoms with Crippen LogP contribution in [0, 0.1) is 40.9 Å². The van der Waals surface area contributed by atoms with Crippen LogP contribution in [-0.2, 0) is 4.74 Å². The normalized spacial score (nSPS) is 52.6. The molecule has 0 radical (unpaired) electrons. The second kappa shape index (κ2) is 5.72. The molecule has 6 aliphatic rings. The predicted octanol–water partition coefficient (Wildman–Crippen LogP) is 5.35. The Morgan fingerprint density at radius 3 is 2.74 bits per heavy atom. The van der Waals surface area contributed by atoms with Gasteiger partial charge < -0.3 is 9.94 Å². The molecule has 27 heavy (non-hydrogen) atoms. The fourth-order valence-corrected chi connectivity index (χ4v) is 8.41. The highest BCUT2D eigenvalue weighted by atomic mass is 16.5. The second-order valence-electron chi connectivity index (χ2n) is 10.6. The second-order valence-corrected chi connectivity index (χ2v) is 10.6. The van der Waals surface area contributed by atoms with Gasteiger partial charge in [-0.25, -0.2) is 0 Å². The summed E-state index contributed by atoms with van der Waals surface area (Å²) in [5.41, 5.74) is 2.91. The predicted molar refractivity (Wildman–Crippen MR) is 106 cm³/mol. The average Bonchev–Trinajstić information content (AvgIpc) is 3.35. The largest absolute Gasteiger partial charge is 0.411 e. The number of hydrogen-bond acceptors (Lipinski definition) is 3. The Kier molecular flexibility index (Phi) is 3.56. The molecule has 1 N–H and O–H groups in total. The van der Waals surface area contributed by atoms with E-state index in [1.807, 2.05) is 0 Å². The lowest BCUT2D eigenvalue weighted by Crippen LogP contribution is -2.54. The van der Waals surface area contributed by atoms with Gasteiger partial charge in [0.1, 0.15) is 0 Å². The molecule has 4 fully saturated rings. The van der Waals surface area contributed by atoms with Crippen LogP contribution < -0.4 is 0 Å². The van der Waals surface area contributed by atoms with E-state index in [2.05, 4.69) is 30.3 Å². The molecule has 0 aromatic carbocycles. The summed E-state index contributed by atoms with van der Waals surface area (Å²) in [7, 11) is 0. The van der Waals surface area contributed by atoms with Gasteiger partial charge in [0.25, 0.3) is 0 Å². The fourth-order valence-electron chi connectivity index (χ4n) is 8.41. The van der Waals surface area contributed by atoms with Crippen LogP contribution in [0.3, 0.4) is 0 Å². The van der Waals surface area contributed by atoms with Gasteiger partial charge >= 0.3 is 0 Å². The summed E-state index contributed by atoms with van der Waals surface area (Å²) >= 11 is 0. The molecular formula is C24H33NO2. The quantitative estimate of drug-likeness (QED) is 0.385. The van der Waals surface area contributed by atoms with E-state index in [0.717, 1.165) is 54.2 Å². The molecule has 1 heterocycles. The number of fused-ring (bicyclic) bond motifs is 6. The Balaban J connectivity index is 1.39. The zero-order valence-corrected chi connectivity index (χ0v) is 16.6. The number of hydrogen-bond donors (Lipinski definition) is 1. The van der Waals surface area contributed by atoms with Crippen LogP contribution in [0.5, 0.6) is 0 Å². The van der Waals surface area contributed by atoms with E-state index in [9.17, 15) is 5.21 Å². The van der Waals surface area contributed by atoms with E-state index < -0.39 is 0 Å². The first-order valence-corrected chi connectivity index (χ1v) is 11.4. The van der Waals surface area contributed by atoms with Crippen molar-refractivity contribution in [3.63, 3.8) is 0 Å². The molecule has 0 aromatic heterocycles. The van der Waals surface area contributed by atoms with E-state index in [1.54, 1.807) is 5.57 Å². The highest BCUT2D eigenvalue weighted by molar-refractivity contribution is 5.96. The summed E-state index contributed by atoms with van der Waals surface area (Å²) in [6.07, 6.45) is 18.6. The van der Waals surface area contributed by atoms with Gasteiger partial charge in [0, 0.05) is 5.41 Å². The zero-order chi connectivity index (χ0) is 18.2. The van der Waals surface area contributed by atoms with Crippen molar-refractivity contribution < 1.29 is 9.94 Å². The molecule has 3 heteroatoms. The number of nitrogens with zero attached hydrogens (tertiary/aromatic N) is 1. The van der Waals surface area contributed by atoms with E-state index in [1.165, 1.54) is 51.4 Å². The van der Waals surface area contributed by atoms with Gasteiger partial charge in [-0.1, -0.05) is 29.8 Å². The molecule has 146 valence electrons. The van der Waals surface area contributed by atoms with Crippen LogP contribution in [0.15, 0.2) is 29.0 Å². The minimum absolute atomic E-state index is 0.0378. The lowest BCUT2D eigenvalue weighted by Gasteiger charge is -2.58. The highest BCUT2D eigenvalue weighted by Gasteiger charge is 2.65. The topological polar surface area (TPSA) is 41.8 Å². The molecule has 0 amide bonds. The van der Waals surface area contributed by atoms with Gasteiger partial charge in [-0.15, -0.1) is 0 Å². The van der Waals surface area contributed by atoms with Crippen molar-refractivity contribution in [2.75, 3.05) is 6.61 Å². The van der Waals surface area contributed by atoms with Crippen molar-refractivity contribution in [3.05, 3.63) is 23.8 Å². The fraction of sp³-hybridized carbons (Fsp3) is 0.792. The Labute approximate surface area is 162 Å². The van der Waals surface area contributed by atoms with Crippen molar-refractivity contribution in [3.8, 4) is 0 Å². The first-order chi connectivity index (χ1) is 13.2. The minimum Gasteiger partial charge on any atom is -0.411 e. The molecule has 1 aliphatic heterocycles. The van der Waals surface area contributed by atoms with Crippen molar-refractivity contribution in [1.82, 2.24) is 0 Å². The number of rotatable bonds is 1. The van der Waals surface area contributed by atoms with Crippen LogP contribution in [-0.4, -0.2) is 23.1 Å².